The van der Waals surface area contributed by atoms with Gasteiger partial charge in [-0.1, -0.05) is 18.2 Å². The van der Waals surface area contributed by atoms with Crippen LogP contribution in [0.3, 0.4) is 0 Å². The molecule has 0 bridgehead atoms. The van der Waals surface area contributed by atoms with E-state index in [1.165, 1.54) is 0 Å². The molecule has 1 aromatic heterocycles. The molecule has 0 aliphatic heterocycles. The van der Waals surface area contributed by atoms with Crippen molar-refractivity contribution in [1.29, 1.82) is 5.26 Å². The van der Waals surface area contributed by atoms with Crippen molar-refractivity contribution >= 4 is 0 Å². The summed E-state index contributed by atoms with van der Waals surface area (Å²) in [5.41, 5.74) is 1.73. The lowest BCUT2D eigenvalue weighted by Crippen LogP contribution is -2.31. The van der Waals surface area contributed by atoms with Crippen molar-refractivity contribution in [1.82, 2.24) is 9.78 Å². The Bertz CT molecular complexity index is 507. The third-order valence-electron chi connectivity index (χ3n) is 2.19. The molecule has 0 saturated heterocycles. The number of nitrogens with zero attached hydrogens (tertiary/aromatic N) is 4. The molecule has 4 nitrogen and oxygen atoms in total. The molecule has 0 fully saturated rings. The first kappa shape index (κ1) is 9.41. The summed E-state index contributed by atoms with van der Waals surface area (Å²) in [6.45, 7) is 0.678. The molecule has 1 aromatic carbocycles. The van der Waals surface area contributed by atoms with E-state index < -0.39 is 0 Å². The van der Waals surface area contributed by atoms with Crippen molar-refractivity contribution in [3.05, 3.63) is 48.0 Å². The largest absolute Gasteiger partial charge is 0.265 e. The molecule has 4 heteroatoms. The Morgan fingerprint density at radius 2 is 2.27 bits per heavy atom. The first-order chi connectivity index (χ1) is 7.29. The summed E-state index contributed by atoms with van der Waals surface area (Å²) >= 11 is 0. The van der Waals surface area contributed by atoms with Crippen LogP contribution in [0.5, 0.6) is 0 Å². The highest BCUT2D eigenvalue weighted by Gasteiger charge is 2.05. The van der Waals surface area contributed by atoms with Crippen molar-refractivity contribution in [3.8, 4) is 6.07 Å². The maximum absolute atomic E-state index is 8.92. The fraction of sp³-hybridized carbons (Fsp3) is 0.182. The third kappa shape index (κ3) is 2.02. The standard InChI is InChI=1S/C11H11N4/c1-14-9-15(8-13-14)7-11-5-3-2-4-10(11)6-12/h2-5,8-9H,7H2,1H3/q+1. The predicted molar refractivity (Wildman–Crippen MR) is 53.7 cm³/mol. The fourth-order valence-electron chi connectivity index (χ4n) is 1.47. The van der Waals surface area contributed by atoms with Crippen molar-refractivity contribution in [2.75, 3.05) is 0 Å². The van der Waals surface area contributed by atoms with Gasteiger partial charge < -0.3 is 0 Å². The minimum absolute atomic E-state index is 0.678. The monoisotopic (exact) mass is 199 g/mol. The molecule has 0 amide bonds. The Kier molecular flexibility index (Phi) is 2.46. The molecular weight excluding hydrogens is 188 g/mol. The van der Waals surface area contributed by atoms with Crippen molar-refractivity contribution < 1.29 is 4.57 Å². The van der Waals surface area contributed by atoms with E-state index in [1.54, 1.807) is 11.0 Å². The predicted octanol–water partition coefficient (Wildman–Crippen LogP) is 0.628. The normalized spacial score (nSPS) is 9.87. The first-order valence-corrected chi connectivity index (χ1v) is 4.65. The lowest BCUT2D eigenvalue weighted by Gasteiger charge is -1.99. The molecule has 0 aliphatic carbocycles. The van der Waals surface area contributed by atoms with Gasteiger partial charge in [0.05, 0.1) is 25.2 Å². The third-order valence-corrected chi connectivity index (χ3v) is 2.19. The van der Waals surface area contributed by atoms with E-state index in [-0.39, 0.29) is 0 Å². The number of hydrogen-bond acceptors (Lipinski definition) is 2. The Hall–Kier alpha value is -2.15. The molecule has 0 saturated carbocycles. The molecule has 0 N–H and O–H groups in total. The zero-order valence-electron chi connectivity index (χ0n) is 8.46. The molecule has 0 atom stereocenters. The van der Waals surface area contributed by atoms with Crippen LogP contribution < -0.4 is 4.57 Å². The summed E-state index contributed by atoms with van der Waals surface area (Å²) < 4.78 is 3.67. The smallest absolute Gasteiger partial charge is 0.233 e. The van der Waals surface area contributed by atoms with Crippen molar-refractivity contribution in [2.45, 2.75) is 6.54 Å². The topological polar surface area (TPSA) is 45.5 Å². The van der Waals surface area contributed by atoms with Gasteiger partial charge in [0, 0.05) is 10.7 Å². The van der Waals surface area contributed by atoms with Crippen LogP contribution in [0.25, 0.3) is 0 Å². The molecule has 15 heavy (non-hydrogen) atoms. The summed E-state index contributed by atoms with van der Waals surface area (Å²) in [7, 11) is 1.87. The van der Waals surface area contributed by atoms with Crippen LogP contribution in [-0.4, -0.2) is 9.78 Å². The van der Waals surface area contributed by atoms with E-state index in [9.17, 15) is 0 Å². The molecule has 0 aliphatic rings. The van der Waals surface area contributed by atoms with Crippen LogP contribution in [0.15, 0.2) is 36.9 Å². The van der Waals surface area contributed by atoms with Gasteiger partial charge in [-0.05, 0) is 6.07 Å². The number of rotatable bonds is 2. The number of benzene rings is 1. The van der Waals surface area contributed by atoms with E-state index in [1.807, 2.05) is 42.2 Å². The van der Waals surface area contributed by atoms with Gasteiger partial charge in [0.1, 0.15) is 0 Å². The average molecular weight is 199 g/mol. The fourth-order valence-corrected chi connectivity index (χ4v) is 1.47. The molecular formula is C11H11N4+. The second kappa shape index (κ2) is 3.93. The summed E-state index contributed by atoms with van der Waals surface area (Å²) in [6.07, 6.45) is 3.63. The molecule has 2 aromatic rings. The Morgan fingerprint density at radius 3 is 2.93 bits per heavy atom. The van der Waals surface area contributed by atoms with Crippen LogP contribution in [0.1, 0.15) is 11.1 Å². The maximum Gasteiger partial charge on any atom is 0.265 e. The number of nitriles is 1. The highest BCUT2D eigenvalue weighted by atomic mass is 15.3. The molecule has 0 spiro atoms. The lowest BCUT2D eigenvalue weighted by atomic mass is 10.1. The highest BCUT2D eigenvalue weighted by Crippen LogP contribution is 2.05. The van der Waals surface area contributed by atoms with Crippen LogP contribution >= 0.6 is 0 Å². The van der Waals surface area contributed by atoms with Gasteiger partial charge in [-0.15, -0.1) is 4.68 Å². The summed E-state index contributed by atoms with van der Waals surface area (Å²) in [6, 6.07) is 9.77. The van der Waals surface area contributed by atoms with E-state index in [0.717, 1.165) is 5.56 Å². The van der Waals surface area contributed by atoms with Crippen LogP contribution in [0.2, 0.25) is 0 Å². The van der Waals surface area contributed by atoms with Crippen LogP contribution in [-0.2, 0) is 13.6 Å². The maximum atomic E-state index is 8.92. The second-order valence-electron chi connectivity index (χ2n) is 3.36. The Balaban J connectivity index is 2.28. The van der Waals surface area contributed by atoms with Gasteiger partial charge >= 0.3 is 0 Å². The molecule has 0 unspecified atom stereocenters. The lowest BCUT2D eigenvalue weighted by molar-refractivity contribution is -0.689. The van der Waals surface area contributed by atoms with Crippen LogP contribution in [0, 0.1) is 11.3 Å². The van der Waals surface area contributed by atoms with Gasteiger partial charge in [0.2, 0.25) is 6.33 Å². The number of aromatic nitrogens is 3. The minimum atomic E-state index is 0.678. The van der Waals surface area contributed by atoms with E-state index in [2.05, 4.69) is 11.2 Å². The van der Waals surface area contributed by atoms with E-state index in [0.29, 0.717) is 12.1 Å². The number of aryl methyl sites for hydroxylation is 1. The summed E-state index contributed by atoms with van der Waals surface area (Å²) in [5, 5.41) is 13.0. The minimum Gasteiger partial charge on any atom is -0.233 e. The summed E-state index contributed by atoms with van der Waals surface area (Å²) in [4.78, 5) is 0. The first-order valence-electron chi connectivity index (χ1n) is 4.65. The van der Waals surface area contributed by atoms with Crippen molar-refractivity contribution in [3.63, 3.8) is 0 Å². The van der Waals surface area contributed by atoms with Crippen LogP contribution in [0.4, 0.5) is 0 Å². The van der Waals surface area contributed by atoms with E-state index in [4.69, 9.17) is 5.26 Å². The number of hydrogen-bond donors (Lipinski definition) is 0. The van der Waals surface area contributed by atoms with Gasteiger partial charge in [-0.3, -0.25) is 0 Å². The van der Waals surface area contributed by atoms with Crippen molar-refractivity contribution in [2.24, 2.45) is 7.05 Å². The quantitative estimate of drug-likeness (QED) is 0.666. The zero-order valence-corrected chi connectivity index (χ0v) is 8.46. The SMILES string of the molecule is Cn1c[n+](Cc2ccccc2C#N)cn1. The summed E-state index contributed by atoms with van der Waals surface area (Å²) in [5.74, 6) is 0. The van der Waals surface area contributed by atoms with Gasteiger partial charge in [0.15, 0.2) is 0 Å². The molecule has 0 radical (unpaired) electrons. The molecule has 74 valence electrons. The van der Waals surface area contributed by atoms with Gasteiger partial charge in [-0.25, -0.2) is 4.57 Å². The zero-order chi connectivity index (χ0) is 10.7. The highest BCUT2D eigenvalue weighted by molar-refractivity contribution is 5.36. The Labute approximate surface area is 88.0 Å². The second-order valence-corrected chi connectivity index (χ2v) is 3.36. The average Bonchev–Trinajstić information content (AvgIpc) is 2.65. The van der Waals surface area contributed by atoms with Gasteiger partial charge in [0.25, 0.3) is 6.33 Å². The van der Waals surface area contributed by atoms with E-state index >= 15 is 0 Å². The Morgan fingerprint density at radius 1 is 1.47 bits per heavy atom. The molecule has 1 heterocycles. The molecule has 2 rings (SSSR count). The van der Waals surface area contributed by atoms with Gasteiger partial charge in [-0.2, -0.15) is 5.26 Å².